The van der Waals surface area contributed by atoms with E-state index in [1.807, 2.05) is 12.1 Å². The van der Waals surface area contributed by atoms with E-state index in [9.17, 15) is 4.79 Å². The van der Waals surface area contributed by atoms with Crippen LogP contribution >= 0.6 is 23.2 Å². The molecule has 20 heavy (non-hydrogen) atoms. The van der Waals surface area contributed by atoms with E-state index in [2.05, 4.69) is 0 Å². The van der Waals surface area contributed by atoms with Crippen molar-refractivity contribution in [2.24, 2.45) is 0 Å². The van der Waals surface area contributed by atoms with Gasteiger partial charge in [-0.05, 0) is 29.3 Å². The molecule has 3 rings (SSSR count). The summed E-state index contributed by atoms with van der Waals surface area (Å²) in [6.45, 7) is 1.14. The second kappa shape index (κ2) is 5.09. The molecule has 0 unspecified atom stereocenters. The highest BCUT2D eigenvalue weighted by atomic mass is 35.5. The Hall–Kier alpha value is -1.55. The van der Waals surface area contributed by atoms with E-state index < -0.39 is 0 Å². The number of benzene rings is 2. The van der Waals surface area contributed by atoms with Crippen LogP contribution in [0.2, 0.25) is 10.0 Å². The Morgan fingerprint density at radius 3 is 2.55 bits per heavy atom. The van der Waals surface area contributed by atoms with Crippen molar-refractivity contribution in [3.63, 3.8) is 0 Å². The Bertz CT molecular complexity index is 690. The third kappa shape index (κ3) is 2.29. The van der Waals surface area contributed by atoms with Crippen LogP contribution in [0.3, 0.4) is 0 Å². The van der Waals surface area contributed by atoms with Crippen LogP contribution < -0.4 is 5.73 Å². The van der Waals surface area contributed by atoms with E-state index >= 15 is 0 Å². The fourth-order valence-electron chi connectivity index (χ4n) is 2.22. The van der Waals surface area contributed by atoms with E-state index in [-0.39, 0.29) is 15.8 Å². The molecule has 1 heterocycles. The standard InChI is InChI=1S/C15H11Cl2NO2/c16-12-4-10(5-13(18)14(12)17)15(19)8-1-2-9-6-20-7-11(9)3-8/h1-5H,6-7,18H2. The fourth-order valence-corrected chi connectivity index (χ4v) is 2.56. The molecule has 5 heteroatoms. The van der Waals surface area contributed by atoms with Crippen LogP contribution in [0.15, 0.2) is 30.3 Å². The maximum Gasteiger partial charge on any atom is 0.193 e. The van der Waals surface area contributed by atoms with Crippen molar-refractivity contribution in [2.75, 3.05) is 5.73 Å². The molecule has 0 fully saturated rings. The summed E-state index contributed by atoms with van der Waals surface area (Å²) in [6, 6.07) is 8.63. The van der Waals surface area contributed by atoms with Crippen molar-refractivity contribution in [3.8, 4) is 0 Å². The van der Waals surface area contributed by atoms with Gasteiger partial charge >= 0.3 is 0 Å². The number of ketones is 1. The summed E-state index contributed by atoms with van der Waals surface area (Å²) in [4.78, 5) is 12.5. The summed E-state index contributed by atoms with van der Waals surface area (Å²) in [5.74, 6) is -0.134. The highest BCUT2D eigenvalue weighted by molar-refractivity contribution is 6.44. The van der Waals surface area contributed by atoms with Crippen molar-refractivity contribution in [2.45, 2.75) is 13.2 Å². The van der Waals surface area contributed by atoms with Gasteiger partial charge in [-0.15, -0.1) is 0 Å². The van der Waals surface area contributed by atoms with Crippen LogP contribution in [-0.4, -0.2) is 5.78 Å². The number of nitrogen functional groups attached to an aromatic ring is 1. The van der Waals surface area contributed by atoms with E-state index in [4.69, 9.17) is 33.7 Å². The zero-order valence-corrected chi connectivity index (χ0v) is 12.0. The average Bonchev–Trinajstić information content (AvgIpc) is 2.90. The molecule has 2 N–H and O–H groups in total. The van der Waals surface area contributed by atoms with Crippen LogP contribution in [-0.2, 0) is 18.0 Å². The van der Waals surface area contributed by atoms with Gasteiger partial charge < -0.3 is 10.5 Å². The Labute approximate surface area is 126 Å². The first-order valence-corrected chi connectivity index (χ1v) is 6.80. The average molecular weight is 308 g/mol. The highest BCUT2D eigenvalue weighted by Gasteiger charge is 2.17. The van der Waals surface area contributed by atoms with Crippen LogP contribution in [0.5, 0.6) is 0 Å². The molecule has 0 saturated heterocycles. The summed E-state index contributed by atoms with van der Waals surface area (Å²) in [5, 5.41) is 0.546. The van der Waals surface area contributed by atoms with Gasteiger partial charge in [-0.3, -0.25) is 4.79 Å². The van der Waals surface area contributed by atoms with Gasteiger partial charge in [-0.2, -0.15) is 0 Å². The van der Waals surface area contributed by atoms with Crippen molar-refractivity contribution in [1.29, 1.82) is 0 Å². The van der Waals surface area contributed by atoms with Gasteiger partial charge in [-0.25, -0.2) is 0 Å². The van der Waals surface area contributed by atoms with E-state index in [1.54, 1.807) is 12.1 Å². The highest BCUT2D eigenvalue weighted by Crippen LogP contribution is 2.30. The number of anilines is 1. The molecule has 0 amide bonds. The molecule has 0 bridgehead atoms. The lowest BCUT2D eigenvalue weighted by atomic mass is 9.99. The molecule has 2 aromatic carbocycles. The third-order valence-electron chi connectivity index (χ3n) is 3.30. The number of ether oxygens (including phenoxy) is 1. The number of fused-ring (bicyclic) bond motifs is 1. The van der Waals surface area contributed by atoms with Crippen LogP contribution in [0.4, 0.5) is 5.69 Å². The molecular weight excluding hydrogens is 297 g/mol. The first-order valence-electron chi connectivity index (χ1n) is 6.05. The largest absolute Gasteiger partial charge is 0.397 e. The molecule has 102 valence electrons. The summed E-state index contributed by atoms with van der Waals surface area (Å²) >= 11 is 11.9. The first-order chi connectivity index (χ1) is 9.56. The number of carbonyl (C=O) groups is 1. The predicted octanol–water partition coefficient (Wildman–Crippen LogP) is 3.84. The Kier molecular flexibility index (Phi) is 3.42. The van der Waals surface area contributed by atoms with Gasteiger partial charge in [0.05, 0.1) is 28.9 Å². The number of hydrogen-bond acceptors (Lipinski definition) is 3. The van der Waals surface area contributed by atoms with Crippen LogP contribution in [0.25, 0.3) is 0 Å². The molecule has 0 aromatic heterocycles. The molecule has 0 aliphatic carbocycles. The Morgan fingerprint density at radius 2 is 1.80 bits per heavy atom. The monoisotopic (exact) mass is 307 g/mol. The van der Waals surface area contributed by atoms with Gasteiger partial charge in [0.1, 0.15) is 0 Å². The maximum absolute atomic E-state index is 12.5. The first kappa shape index (κ1) is 13.4. The normalized spacial score (nSPS) is 13.3. The van der Waals surface area contributed by atoms with Crippen molar-refractivity contribution in [3.05, 3.63) is 62.6 Å². The molecule has 0 saturated carbocycles. The zero-order chi connectivity index (χ0) is 14.3. The quantitative estimate of drug-likeness (QED) is 0.677. The summed E-state index contributed by atoms with van der Waals surface area (Å²) in [7, 11) is 0. The van der Waals surface area contributed by atoms with Gasteiger partial charge in [0.2, 0.25) is 0 Å². The van der Waals surface area contributed by atoms with Crippen molar-refractivity contribution >= 4 is 34.7 Å². The summed E-state index contributed by atoms with van der Waals surface area (Å²) in [6.07, 6.45) is 0. The lowest BCUT2D eigenvalue weighted by Gasteiger charge is -2.07. The topological polar surface area (TPSA) is 52.3 Å². The van der Waals surface area contributed by atoms with Crippen LogP contribution in [0.1, 0.15) is 27.0 Å². The van der Waals surface area contributed by atoms with E-state index in [1.165, 1.54) is 6.07 Å². The minimum Gasteiger partial charge on any atom is -0.397 e. The number of nitrogens with two attached hydrogens (primary N) is 1. The molecule has 3 nitrogen and oxygen atoms in total. The predicted molar refractivity (Wildman–Crippen MR) is 79.2 cm³/mol. The third-order valence-corrected chi connectivity index (χ3v) is 4.12. The van der Waals surface area contributed by atoms with Gasteiger partial charge in [0.15, 0.2) is 5.78 Å². The molecule has 2 aromatic rings. The SMILES string of the molecule is Nc1cc(C(=O)c2ccc3c(c2)COC3)cc(Cl)c1Cl. The smallest absolute Gasteiger partial charge is 0.193 e. The molecular formula is C15H11Cl2NO2. The molecule has 0 atom stereocenters. The zero-order valence-electron chi connectivity index (χ0n) is 10.5. The molecule has 0 radical (unpaired) electrons. The van der Waals surface area contributed by atoms with Gasteiger partial charge in [-0.1, -0.05) is 35.3 Å². The number of halogens is 2. The maximum atomic E-state index is 12.5. The molecule has 0 spiro atoms. The van der Waals surface area contributed by atoms with Gasteiger partial charge in [0.25, 0.3) is 0 Å². The second-order valence-corrected chi connectivity index (χ2v) is 5.45. The number of carbonyl (C=O) groups excluding carboxylic acids is 1. The minimum atomic E-state index is -0.134. The van der Waals surface area contributed by atoms with E-state index in [0.29, 0.717) is 30.0 Å². The number of hydrogen-bond donors (Lipinski definition) is 1. The Morgan fingerprint density at radius 1 is 1.05 bits per heavy atom. The van der Waals surface area contributed by atoms with Crippen LogP contribution in [0, 0.1) is 0 Å². The van der Waals surface area contributed by atoms with E-state index in [0.717, 1.165) is 11.1 Å². The summed E-state index contributed by atoms with van der Waals surface area (Å²) < 4.78 is 5.34. The fraction of sp³-hybridized carbons (Fsp3) is 0.133. The van der Waals surface area contributed by atoms with Gasteiger partial charge in [0, 0.05) is 11.1 Å². The minimum absolute atomic E-state index is 0.134. The number of rotatable bonds is 2. The summed E-state index contributed by atoms with van der Waals surface area (Å²) in [5.41, 5.74) is 9.22. The molecule has 1 aliphatic heterocycles. The van der Waals surface area contributed by atoms with Crippen molar-refractivity contribution < 1.29 is 9.53 Å². The molecule has 1 aliphatic rings. The van der Waals surface area contributed by atoms with Crippen molar-refractivity contribution in [1.82, 2.24) is 0 Å². The lowest BCUT2D eigenvalue weighted by Crippen LogP contribution is -2.04. The second-order valence-electron chi connectivity index (χ2n) is 4.67. The lowest BCUT2D eigenvalue weighted by molar-refractivity contribution is 0.103. The Balaban J connectivity index is 2.00.